The fourth-order valence-corrected chi connectivity index (χ4v) is 11.3. The highest BCUT2D eigenvalue weighted by atomic mass is 79.9. The van der Waals surface area contributed by atoms with Crippen LogP contribution < -0.4 is 86.7 Å². The minimum absolute atomic E-state index is 0.00222. The Bertz CT molecular complexity index is 4200. The largest absolute Gasteiger partial charge is 0.872 e. The molecule has 35 nitrogen and oxygen atoms in total. The first-order valence-electron chi connectivity index (χ1n) is 32.0. The standard InChI is InChI=1S/C16H22O6.C12H14O4.C11H11BrO4.C11H13NO4.C10H10O6.C8H6O6.C8H6O4/c1-5-7-21-13-9(3)12(16(19)20)14(22-8-6-2)10(4)11(13)15(17)18;1-5-6(2)10(12(15)16)8(4)7(3)9(5)11(13)14;2*1-4-5(2)8(11(15)16)9(12)6(3)7(4)10(13)14;1-3-5(9(13)14)8(12)4(2)6(7(3)11)10(15)16;9-5-1-3(7(11)12)6(10)2-4(5)8(13)14;9-7(10)5-1-2-6(4-3-5)8(11)12/h5-8H2,1-4H3,(H,17,18)(H,19,20);1-4H3,(H,13,14)(H,15,16);1-3H3,(H,13,14)(H,15,16);12H2,1-3H3,(H,13,14)(H,15,16);11-12H,1-2H3,(H,13,14)(H,15,16);1-2,9-10H,(H,11,12)(H,13,14);1-4H,(H,9,10)(H,11,12)/p-14. The first kappa shape index (κ1) is 96.2. The Kier molecular flexibility index (Phi) is 35.2. The lowest BCUT2D eigenvalue weighted by molar-refractivity contribution is -0.276. The van der Waals surface area contributed by atoms with E-state index in [4.69, 9.17) is 35.6 Å². The van der Waals surface area contributed by atoms with Crippen LogP contribution in [0.2, 0.25) is 0 Å². The molecule has 0 aliphatic heterocycles. The second-order valence-corrected chi connectivity index (χ2v) is 24.6. The Morgan fingerprint density at radius 1 is 0.312 bits per heavy atom. The molecule has 0 aliphatic rings. The van der Waals surface area contributed by atoms with Gasteiger partial charge in [-0.25, -0.2) is 19.2 Å². The van der Waals surface area contributed by atoms with Gasteiger partial charge in [-0.3, -0.25) is 0 Å². The van der Waals surface area contributed by atoms with Crippen LogP contribution in [0, 0.1) is 96.9 Å². The molecule has 0 radical (unpaired) electrons. The highest BCUT2D eigenvalue weighted by molar-refractivity contribution is 9.10. The zero-order valence-corrected chi connectivity index (χ0v) is 63.9. The van der Waals surface area contributed by atoms with E-state index in [2.05, 4.69) is 15.9 Å². The summed E-state index contributed by atoms with van der Waals surface area (Å²) in [5.74, 6) is -23.5. The maximum Gasteiger partial charge on any atom is 0.335 e. The Balaban J connectivity index is 0.000000657. The van der Waals surface area contributed by atoms with E-state index in [-0.39, 0.29) is 118 Å². The molecule has 0 aromatic heterocycles. The molecule has 602 valence electrons. The predicted molar refractivity (Wildman–Crippen MR) is 364 cm³/mol. The molecule has 112 heavy (non-hydrogen) atoms. The van der Waals surface area contributed by atoms with Crippen molar-refractivity contribution in [2.45, 2.75) is 124 Å². The van der Waals surface area contributed by atoms with Crippen molar-refractivity contribution in [1.82, 2.24) is 0 Å². The lowest BCUT2D eigenvalue weighted by Gasteiger charge is -2.25. The van der Waals surface area contributed by atoms with Crippen LogP contribution in [0.5, 0.6) is 34.5 Å². The number of aromatic carboxylic acids is 14. The van der Waals surface area contributed by atoms with Crippen LogP contribution in [0.25, 0.3) is 0 Å². The zero-order chi connectivity index (χ0) is 87.4. The summed E-state index contributed by atoms with van der Waals surface area (Å²) in [6.45, 7) is 24.8. The molecule has 0 unspecified atom stereocenters. The second kappa shape index (κ2) is 41.0. The molecule has 7 aromatic carbocycles. The molecule has 0 bridgehead atoms. The number of nitrogen functional groups attached to an aromatic ring is 1. The van der Waals surface area contributed by atoms with Gasteiger partial charge in [0, 0.05) is 65.8 Å². The molecular formula is C76H68BrNO34-14. The van der Waals surface area contributed by atoms with E-state index < -0.39 is 129 Å². The maximum absolute atomic E-state index is 11.5. The Labute approximate surface area is 644 Å². The summed E-state index contributed by atoms with van der Waals surface area (Å²) in [5, 5.41) is 188. The molecule has 0 saturated carbocycles. The summed E-state index contributed by atoms with van der Waals surface area (Å²) in [5.41, 5.74) is 5.45. The van der Waals surface area contributed by atoms with Crippen molar-refractivity contribution >= 4 is 105 Å². The number of carbonyl (C=O) groups excluding carboxylic acids is 10. The van der Waals surface area contributed by atoms with Gasteiger partial charge in [-0.1, -0.05) is 73.2 Å². The first-order valence-corrected chi connectivity index (χ1v) is 32.8. The number of rotatable bonds is 20. The van der Waals surface area contributed by atoms with Crippen molar-refractivity contribution in [3.05, 3.63) is 197 Å². The van der Waals surface area contributed by atoms with Crippen molar-refractivity contribution in [2.24, 2.45) is 0 Å². The molecule has 0 saturated heterocycles. The zero-order valence-electron chi connectivity index (χ0n) is 62.3. The minimum atomic E-state index is -1.55. The number of hydrogen-bond acceptors (Lipinski definition) is 31. The number of carbonyl (C=O) groups is 14. The van der Waals surface area contributed by atoms with E-state index in [1.165, 1.54) is 48.5 Å². The van der Waals surface area contributed by atoms with Gasteiger partial charge in [0.2, 0.25) is 0 Å². The molecule has 0 heterocycles. The number of carboxylic acid groups (broad SMARTS) is 14. The molecular weight excluding hydrogens is 1550 g/mol. The highest BCUT2D eigenvalue weighted by Crippen LogP contribution is 2.39. The summed E-state index contributed by atoms with van der Waals surface area (Å²) in [6.07, 6.45) is 1.30. The van der Waals surface area contributed by atoms with E-state index in [1.807, 2.05) is 13.8 Å². The summed E-state index contributed by atoms with van der Waals surface area (Å²) in [4.78, 5) is 151. The molecule has 0 fully saturated rings. The van der Waals surface area contributed by atoms with Crippen molar-refractivity contribution in [3.63, 3.8) is 0 Å². The van der Waals surface area contributed by atoms with Gasteiger partial charge >= 0.3 is 23.9 Å². The van der Waals surface area contributed by atoms with Crippen molar-refractivity contribution < 1.29 is 169 Å². The highest BCUT2D eigenvalue weighted by Gasteiger charge is 2.25. The number of nitrogens with two attached hydrogens (primary N) is 1. The summed E-state index contributed by atoms with van der Waals surface area (Å²) in [7, 11) is 0. The molecule has 0 amide bonds. The van der Waals surface area contributed by atoms with Crippen LogP contribution >= 0.6 is 15.9 Å². The van der Waals surface area contributed by atoms with Gasteiger partial charge in [0.25, 0.3) is 0 Å². The van der Waals surface area contributed by atoms with Crippen LogP contribution in [0.4, 0.5) is 5.69 Å². The van der Waals surface area contributed by atoms with Crippen LogP contribution in [-0.4, -0.2) is 117 Å². The third kappa shape index (κ3) is 22.6. The monoisotopic (exact) mass is 1620 g/mol. The number of anilines is 1. The fraction of sp³-hybridized carbons (Fsp3) is 0.263. The van der Waals surface area contributed by atoms with Crippen molar-refractivity contribution in [1.29, 1.82) is 0 Å². The predicted octanol–water partition coefficient (Wildman–Crippen LogP) is -3.23. The van der Waals surface area contributed by atoms with Gasteiger partial charge in [0.05, 0.1) is 95.2 Å². The van der Waals surface area contributed by atoms with E-state index in [9.17, 15) is 139 Å². The van der Waals surface area contributed by atoms with E-state index >= 15 is 0 Å². The van der Waals surface area contributed by atoms with Crippen LogP contribution in [0.3, 0.4) is 0 Å². The van der Waals surface area contributed by atoms with Gasteiger partial charge < -0.3 is 155 Å². The molecule has 36 heteroatoms. The van der Waals surface area contributed by atoms with Crippen LogP contribution in [0.1, 0.15) is 250 Å². The van der Waals surface area contributed by atoms with Gasteiger partial charge in [-0.05, 0) is 204 Å². The summed E-state index contributed by atoms with van der Waals surface area (Å²) < 4.78 is 11.1. The molecule has 0 aliphatic carbocycles. The summed E-state index contributed by atoms with van der Waals surface area (Å²) in [6, 6.07) is 5.63. The molecule has 0 atom stereocenters. The van der Waals surface area contributed by atoms with E-state index in [1.54, 1.807) is 34.6 Å². The van der Waals surface area contributed by atoms with Gasteiger partial charge in [-0.15, -0.1) is 0 Å². The number of halogens is 1. The number of benzene rings is 7. The Hall–Kier alpha value is -13.8. The molecule has 7 rings (SSSR count). The minimum Gasteiger partial charge on any atom is -0.872 e. The van der Waals surface area contributed by atoms with Gasteiger partial charge in [-0.2, -0.15) is 0 Å². The lowest BCUT2D eigenvalue weighted by Crippen LogP contribution is -2.29. The normalized spacial score (nSPS) is 10.1. The van der Waals surface area contributed by atoms with E-state index in [0.717, 1.165) is 38.1 Å². The Morgan fingerprint density at radius 3 is 0.768 bits per heavy atom. The van der Waals surface area contributed by atoms with Crippen molar-refractivity contribution in [2.75, 3.05) is 18.9 Å². The third-order valence-corrected chi connectivity index (χ3v) is 17.8. The van der Waals surface area contributed by atoms with Crippen LogP contribution in [-0.2, 0) is 0 Å². The molecule has 6 N–H and O–H groups in total. The topological polar surface area (TPSA) is 687 Å². The SMILES string of the molecule is CCCOc1c(C)c(C(=O)[O-])c(OCCC)c(C)c1C(=O)[O-].Cc1c(C)c(C(=O)[O-])c(Br)c(C)c1C(=O)[O-].Cc1c(C)c(C(=O)[O-])c(C)c(C)c1C(=O)[O-].Cc1c(C)c(C(=O)[O-])c(N)c(C)c1C(=O)[O-].Cc1c([O-])c(C(=O)O)c(C)c([O-])c1C(=O)O.O=C(O)c1cc([O-])c(C(=O)O)cc1[O-].O=C([O-])c1ccc(C(=O)[O-])cc1. The average molecular weight is 1620 g/mol. The number of ether oxygens (including phenoxy) is 2. The Morgan fingerprint density at radius 2 is 0.545 bits per heavy atom. The summed E-state index contributed by atoms with van der Waals surface area (Å²) >= 11 is 3.07. The van der Waals surface area contributed by atoms with Gasteiger partial charge in [0.1, 0.15) is 11.5 Å². The van der Waals surface area contributed by atoms with E-state index in [0.29, 0.717) is 75.0 Å². The van der Waals surface area contributed by atoms with Crippen LogP contribution in [0.15, 0.2) is 40.9 Å². The lowest BCUT2D eigenvalue weighted by atomic mass is 9.89. The third-order valence-electron chi connectivity index (χ3n) is 16.9. The smallest absolute Gasteiger partial charge is 0.335 e. The quantitative estimate of drug-likeness (QED) is 0.0468. The molecule has 7 aromatic rings. The number of hydrogen-bond donors (Lipinski definition) is 5. The first-order chi connectivity index (χ1) is 51.5. The van der Waals surface area contributed by atoms with Gasteiger partial charge in [0.15, 0.2) is 0 Å². The fourth-order valence-electron chi connectivity index (χ4n) is 10.6. The molecule has 0 spiro atoms. The average Bonchev–Trinajstić information content (AvgIpc) is 0.742. The second-order valence-electron chi connectivity index (χ2n) is 23.8. The number of carboxylic acids is 14. The maximum atomic E-state index is 11.5. The van der Waals surface area contributed by atoms with Crippen molar-refractivity contribution in [3.8, 4) is 34.5 Å².